The molecule has 0 aliphatic heterocycles. The molecule has 2 rings (SSSR count). The highest BCUT2D eigenvalue weighted by atomic mass is 32.1. The molecular weight excluding hydrogens is 196 g/mol. The van der Waals surface area contributed by atoms with E-state index in [9.17, 15) is 0 Å². The summed E-state index contributed by atoms with van der Waals surface area (Å²) < 4.78 is 5.20. The van der Waals surface area contributed by atoms with Crippen molar-refractivity contribution in [3.8, 4) is 0 Å². The zero-order valence-electron chi connectivity index (χ0n) is 7.99. The van der Waals surface area contributed by atoms with Crippen molar-refractivity contribution in [3.63, 3.8) is 0 Å². The van der Waals surface area contributed by atoms with E-state index in [-0.39, 0.29) is 0 Å². The molecular formula is C10H12N2OS. The first-order chi connectivity index (χ1) is 6.84. The van der Waals surface area contributed by atoms with E-state index in [0.717, 1.165) is 29.6 Å². The fourth-order valence-electron chi connectivity index (χ4n) is 1.19. The van der Waals surface area contributed by atoms with Crippen LogP contribution in [-0.4, -0.2) is 4.98 Å². The molecule has 0 atom stereocenters. The predicted molar refractivity (Wildman–Crippen MR) is 56.1 cm³/mol. The molecule has 2 heterocycles. The topological polar surface area (TPSA) is 38.1 Å². The van der Waals surface area contributed by atoms with Crippen molar-refractivity contribution >= 4 is 11.3 Å². The number of nitrogens with zero attached hydrogens (tertiary/aromatic N) is 1. The van der Waals surface area contributed by atoms with E-state index >= 15 is 0 Å². The summed E-state index contributed by atoms with van der Waals surface area (Å²) in [7, 11) is 0. The van der Waals surface area contributed by atoms with Gasteiger partial charge in [0.1, 0.15) is 10.8 Å². The second-order valence-electron chi connectivity index (χ2n) is 3.07. The largest absolute Gasteiger partial charge is 0.468 e. The lowest BCUT2D eigenvalue weighted by Crippen LogP contribution is -2.11. The highest BCUT2D eigenvalue weighted by Crippen LogP contribution is 2.08. The van der Waals surface area contributed by atoms with Crippen LogP contribution in [0, 0.1) is 6.92 Å². The van der Waals surface area contributed by atoms with Gasteiger partial charge in [0, 0.05) is 17.6 Å². The van der Waals surface area contributed by atoms with Crippen molar-refractivity contribution in [2.45, 2.75) is 20.0 Å². The van der Waals surface area contributed by atoms with E-state index in [1.165, 1.54) is 0 Å². The van der Waals surface area contributed by atoms with Gasteiger partial charge in [0.2, 0.25) is 0 Å². The third-order valence-corrected chi connectivity index (χ3v) is 2.79. The van der Waals surface area contributed by atoms with Crippen LogP contribution in [0.1, 0.15) is 16.5 Å². The summed E-state index contributed by atoms with van der Waals surface area (Å²) in [6.07, 6.45) is 1.69. The van der Waals surface area contributed by atoms with Crippen LogP contribution < -0.4 is 5.32 Å². The Bertz CT molecular complexity index is 380. The molecule has 2 aromatic rings. The zero-order chi connectivity index (χ0) is 9.80. The second-order valence-corrected chi connectivity index (χ2v) is 4.01. The Hall–Kier alpha value is -1.13. The first-order valence-corrected chi connectivity index (χ1v) is 5.36. The first-order valence-electron chi connectivity index (χ1n) is 4.49. The molecule has 14 heavy (non-hydrogen) atoms. The van der Waals surface area contributed by atoms with Gasteiger partial charge in [-0.2, -0.15) is 0 Å². The summed E-state index contributed by atoms with van der Waals surface area (Å²) in [4.78, 5) is 4.35. The van der Waals surface area contributed by atoms with Crippen LogP contribution in [0.3, 0.4) is 0 Å². The minimum absolute atomic E-state index is 0.756. The minimum atomic E-state index is 0.756. The first kappa shape index (κ1) is 9.43. The maximum absolute atomic E-state index is 5.20. The predicted octanol–water partition coefficient (Wildman–Crippen LogP) is 2.33. The molecule has 1 N–H and O–H groups in total. The number of aromatic nitrogens is 1. The molecule has 0 radical (unpaired) electrons. The van der Waals surface area contributed by atoms with Crippen molar-refractivity contribution < 1.29 is 4.42 Å². The standard InChI is InChI=1S/C10H12N2OS/c1-8-7-14-10(12-8)6-11-5-9-3-2-4-13-9/h2-4,7,11H,5-6H2,1H3. The third kappa shape index (κ3) is 2.43. The molecule has 0 aromatic carbocycles. The van der Waals surface area contributed by atoms with Crippen LogP contribution >= 0.6 is 11.3 Å². The van der Waals surface area contributed by atoms with Gasteiger partial charge in [-0.1, -0.05) is 0 Å². The minimum Gasteiger partial charge on any atom is -0.468 e. The SMILES string of the molecule is Cc1csc(CNCc2ccco2)n1. The average molecular weight is 208 g/mol. The van der Waals surface area contributed by atoms with Crippen molar-refractivity contribution in [1.29, 1.82) is 0 Å². The van der Waals surface area contributed by atoms with Gasteiger partial charge in [-0.15, -0.1) is 11.3 Å². The molecule has 0 bridgehead atoms. The Kier molecular flexibility index (Phi) is 2.96. The summed E-state index contributed by atoms with van der Waals surface area (Å²) in [5.41, 5.74) is 1.09. The van der Waals surface area contributed by atoms with Gasteiger partial charge in [-0.3, -0.25) is 0 Å². The molecule has 0 spiro atoms. The lowest BCUT2D eigenvalue weighted by molar-refractivity contribution is 0.482. The van der Waals surface area contributed by atoms with Gasteiger partial charge in [-0.25, -0.2) is 4.98 Å². The van der Waals surface area contributed by atoms with Gasteiger partial charge in [-0.05, 0) is 19.1 Å². The molecule has 0 aliphatic rings. The zero-order valence-corrected chi connectivity index (χ0v) is 8.80. The summed E-state index contributed by atoms with van der Waals surface area (Å²) in [5.74, 6) is 0.957. The monoisotopic (exact) mass is 208 g/mol. The van der Waals surface area contributed by atoms with Crippen molar-refractivity contribution in [3.05, 3.63) is 40.2 Å². The summed E-state index contributed by atoms with van der Waals surface area (Å²) in [6, 6.07) is 3.85. The summed E-state index contributed by atoms with van der Waals surface area (Å²) in [5, 5.41) is 6.45. The highest BCUT2D eigenvalue weighted by molar-refractivity contribution is 7.09. The van der Waals surface area contributed by atoms with Crippen LogP contribution in [-0.2, 0) is 13.1 Å². The molecule has 0 amide bonds. The van der Waals surface area contributed by atoms with Crippen molar-refractivity contribution in [2.24, 2.45) is 0 Å². The number of aryl methyl sites for hydroxylation is 1. The smallest absolute Gasteiger partial charge is 0.117 e. The Balaban J connectivity index is 1.78. The number of nitrogens with one attached hydrogen (secondary N) is 1. The van der Waals surface area contributed by atoms with E-state index < -0.39 is 0 Å². The number of hydrogen-bond acceptors (Lipinski definition) is 4. The van der Waals surface area contributed by atoms with E-state index in [4.69, 9.17) is 4.42 Å². The molecule has 0 saturated heterocycles. The molecule has 74 valence electrons. The van der Waals surface area contributed by atoms with Crippen molar-refractivity contribution in [2.75, 3.05) is 0 Å². The Morgan fingerprint density at radius 1 is 1.50 bits per heavy atom. The van der Waals surface area contributed by atoms with Gasteiger partial charge in [0.15, 0.2) is 0 Å². The summed E-state index contributed by atoms with van der Waals surface area (Å²) in [6.45, 7) is 3.57. The number of thiazole rings is 1. The third-order valence-electron chi connectivity index (χ3n) is 1.82. The second kappa shape index (κ2) is 4.39. The van der Waals surface area contributed by atoms with Gasteiger partial charge < -0.3 is 9.73 Å². The van der Waals surface area contributed by atoms with Crippen LogP contribution in [0.4, 0.5) is 0 Å². The van der Waals surface area contributed by atoms with Gasteiger partial charge >= 0.3 is 0 Å². The van der Waals surface area contributed by atoms with Gasteiger partial charge in [0.25, 0.3) is 0 Å². The molecule has 3 nitrogen and oxygen atoms in total. The molecule has 0 fully saturated rings. The molecule has 0 unspecified atom stereocenters. The van der Waals surface area contributed by atoms with E-state index in [1.807, 2.05) is 19.1 Å². The van der Waals surface area contributed by atoms with Crippen LogP contribution in [0.15, 0.2) is 28.2 Å². The van der Waals surface area contributed by atoms with E-state index in [1.54, 1.807) is 17.6 Å². The molecule has 2 aromatic heterocycles. The fraction of sp³-hybridized carbons (Fsp3) is 0.300. The average Bonchev–Trinajstić information content (AvgIpc) is 2.77. The Morgan fingerprint density at radius 3 is 3.07 bits per heavy atom. The Labute approximate surface area is 86.8 Å². The fourth-order valence-corrected chi connectivity index (χ4v) is 1.93. The maximum Gasteiger partial charge on any atom is 0.117 e. The molecule has 0 aliphatic carbocycles. The quantitative estimate of drug-likeness (QED) is 0.838. The van der Waals surface area contributed by atoms with Crippen molar-refractivity contribution in [1.82, 2.24) is 10.3 Å². The number of furan rings is 1. The Morgan fingerprint density at radius 2 is 2.43 bits per heavy atom. The molecule has 4 heteroatoms. The summed E-state index contributed by atoms with van der Waals surface area (Å²) >= 11 is 1.68. The highest BCUT2D eigenvalue weighted by Gasteiger charge is 1.98. The number of hydrogen-bond donors (Lipinski definition) is 1. The van der Waals surface area contributed by atoms with E-state index in [2.05, 4.69) is 15.7 Å². The molecule has 0 saturated carbocycles. The lowest BCUT2D eigenvalue weighted by Gasteiger charge is -1.98. The van der Waals surface area contributed by atoms with Gasteiger partial charge in [0.05, 0.1) is 12.8 Å². The van der Waals surface area contributed by atoms with Crippen LogP contribution in [0.2, 0.25) is 0 Å². The normalized spacial score (nSPS) is 10.6. The van der Waals surface area contributed by atoms with Crippen LogP contribution in [0.5, 0.6) is 0 Å². The lowest BCUT2D eigenvalue weighted by atomic mass is 10.4. The maximum atomic E-state index is 5.20. The van der Waals surface area contributed by atoms with Crippen LogP contribution in [0.25, 0.3) is 0 Å². The van der Waals surface area contributed by atoms with E-state index in [0.29, 0.717) is 0 Å². The number of rotatable bonds is 4.